The molecule has 6 heteroatoms. The molecule has 1 aromatic rings. The summed E-state index contributed by atoms with van der Waals surface area (Å²) in [5.41, 5.74) is 6.04. The van der Waals surface area contributed by atoms with Gasteiger partial charge in [0.15, 0.2) is 5.54 Å². The molecule has 20 heavy (non-hydrogen) atoms. The number of hydrogen-bond acceptors (Lipinski definition) is 4. The Kier molecular flexibility index (Phi) is 4.24. The second kappa shape index (κ2) is 5.92. The van der Waals surface area contributed by atoms with Crippen LogP contribution in [0.4, 0.5) is 5.69 Å². The maximum Gasteiger partial charge on any atom is 0.331 e. The summed E-state index contributed by atoms with van der Waals surface area (Å²) in [6.45, 7) is 0.361. The van der Waals surface area contributed by atoms with Gasteiger partial charge in [0.05, 0.1) is 6.61 Å². The maximum absolute atomic E-state index is 11.9. The number of amides is 1. The number of carbonyl (C=O) groups is 2. The Labute approximate surface area is 116 Å². The summed E-state index contributed by atoms with van der Waals surface area (Å²) in [5, 5.41) is 11.8. The molecule has 4 N–H and O–H groups in total. The summed E-state index contributed by atoms with van der Waals surface area (Å²) in [4.78, 5) is 23.2. The van der Waals surface area contributed by atoms with Crippen LogP contribution in [-0.2, 0) is 20.7 Å². The van der Waals surface area contributed by atoms with Gasteiger partial charge in [0.25, 0.3) is 0 Å². The molecule has 6 nitrogen and oxygen atoms in total. The van der Waals surface area contributed by atoms with E-state index in [1.165, 1.54) is 0 Å². The highest BCUT2D eigenvalue weighted by molar-refractivity contribution is 5.87. The Morgan fingerprint density at radius 3 is 2.75 bits per heavy atom. The minimum absolute atomic E-state index is 0.0154. The molecule has 1 atom stereocenters. The van der Waals surface area contributed by atoms with Crippen molar-refractivity contribution in [2.45, 2.75) is 24.8 Å². The van der Waals surface area contributed by atoms with E-state index in [9.17, 15) is 14.7 Å². The zero-order chi connectivity index (χ0) is 14.6. The lowest BCUT2D eigenvalue weighted by molar-refractivity contribution is -0.147. The van der Waals surface area contributed by atoms with Gasteiger partial charge < -0.3 is 20.9 Å². The van der Waals surface area contributed by atoms with E-state index in [4.69, 9.17) is 10.5 Å². The Hall–Kier alpha value is -2.08. The summed E-state index contributed by atoms with van der Waals surface area (Å²) >= 11 is 0. The fourth-order valence-corrected chi connectivity index (χ4v) is 2.23. The van der Waals surface area contributed by atoms with Gasteiger partial charge >= 0.3 is 5.97 Å². The molecular formula is C14H18N2O4. The monoisotopic (exact) mass is 278 g/mol. The highest BCUT2D eigenvalue weighted by Crippen LogP contribution is 2.19. The molecule has 1 saturated heterocycles. The number of nitrogens with one attached hydrogen (secondary N) is 1. The third-order valence-electron chi connectivity index (χ3n) is 3.49. The number of aryl methyl sites for hydroxylation is 1. The van der Waals surface area contributed by atoms with Crippen LogP contribution in [0.2, 0.25) is 0 Å². The lowest BCUT2D eigenvalue weighted by Gasteiger charge is -2.23. The summed E-state index contributed by atoms with van der Waals surface area (Å²) in [6.07, 6.45) is 0.972. The number of nitrogen functional groups attached to an aromatic ring is 1. The lowest BCUT2D eigenvalue weighted by Crippen LogP contribution is -2.55. The average Bonchev–Trinajstić information content (AvgIpc) is 2.88. The Morgan fingerprint density at radius 2 is 2.15 bits per heavy atom. The van der Waals surface area contributed by atoms with E-state index in [1.54, 1.807) is 6.07 Å². The van der Waals surface area contributed by atoms with Crippen molar-refractivity contribution in [1.29, 1.82) is 0 Å². The molecule has 0 aliphatic carbocycles. The molecule has 1 aliphatic heterocycles. The molecule has 0 radical (unpaired) electrons. The third kappa shape index (κ3) is 3.08. The second-order valence-electron chi connectivity index (χ2n) is 4.94. The van der Waals surface area contributed by atoms with Gasteiger partial charge in [0.2, 0.25) is 5.91 Å². The topological polar surface area (TPSA) is 102 Å². The summed E-state index contributed by atoms with van der Waals surface area (Å²) in [7, 11) is 0. The number of hydrogen-bond donors (Lipinski definition) is 3. The van der Waals surface area contributed by atoms with Gasteiger partial charge in [0, 0.05) is 25.1 Å². The van der Waals surface area contributed by atoms with E-state index in [2.05, 4.69) is 5.32 Å². The number of aliphatic carboxylic acids is 1. The third-order valence-corrected chi connectivity index (χ3v) is 3.49. The van der Waals surface area contributed by atoms with Crippen molar-refractivity contribution in [1.82, 2.24) is 5.32 Å². The smallest absolute Gasteiger partial charge is 0.331 e. The molecule has 1 aromatic carbocycles. The molecule has 0 bridgehead atoms. The van der Waals surface area contributed by atoms with Crippen LogP contribution in [0.1, 0.15) is 18.4 Å². The Bertz CT molecular complexity index is 510. The summed E-state index contributed by atoms with van der Waals surface area (Å²) in [6, 6.07) is 7.31. The first-order chi connectivity index (χ1) is 9.53. The van der Waals surface area contributed by atoms with Crippen LogP contribution in [0.25, 0.3) is 0 Å². The summed E-state index contributed by atoms with van der Waals surface area (Å²) in [5.74, 6) is -1.36. The number of rotatable bonds is 5. The molecule has 0 saturated carbocycles. The minimum Gasteiger partial charge on any atom is -0.479 e. The van der Waals surface area contributed by atoms with Crippen LogP contribution >= 0.6 is 0 Å². The van der Waals surface area contributed by atoms with Crippen molar-refractivity contribution in [2.24, 2.45) is 0 Å². The zero-order valence-electron chi connectivity index (χ0n) is 11.1. The molecular weight excluding hydrogens is 260 g/mol. The largest absolute Gasteiger partial charge is 0.479 e. The predicted molar refractivity (Wildman–Crippen MR) is 73.1 cm³/mol. The van der Waals surface area contributed by atoms with E-state index in [1.807, 2.05) is 18.2 Å². The zero-order valence-corrected chi connectivity index (χ0v) is 11.1. The second-order valence-corrected chi connectivity index (χ2v) is 4.94. The fraction of sp³-hybridized carbons (Fsp3) is 0.429. The number of benzene rings is 1. The van der Waals surface area contributed by atoms with E-state index in [-0.39, 0.29) is 18.9 Å². The average molecular weight is 278 g/mol. The number of ether oxygens (including phenoxy) is 1. The maximum atomic E-state index is 11.9. The van der Waals surface area contributed by atoms with Crippen LogP contribution in [0, 0.1) is 0 Å². The lowest BCUT2D eigenvalue weighted by atomic mass is 9.98. The van der Waals surface area contributed by atoms with Gasteiger partial charge in [-0.3, -0.25) is 4.79 Å². The first kappa shape index (κ1) is 14.3. The fourth-order valence-electron chi connectivity index (χ4n) is 2.23. The van der Waals surface area contributed by atoms with Gasteiger partial charge in [-0.2, -0.15) is 0 Å². The van der Waals surface area contributed by atoms with Crippen molar-refractivity contribution in [3.05, 3.63) is 29.8 Å². The molecule has 1 amide bonds. The SMILES string of the molecule is Nc1ccccc1CCC(=O)NC1(C(=O)O)CCOC1. The highest BCUT2D eigenvalue weighted by atomic mass is 16.5. The molecule has 108 valence electrons. The number of anilines is 1. The van der Waals surface area contributed by atoms with Crippen LogP contribution in [0.15, 0.2) is 24.3 Å². The molecule has 1 fully saturated rings. The first-order valence-electron chi connectivity index (χ1n) is 6.49. The quantitative estimate of drug-likeness (QED) is 0.683. The minimum atomic E-state index is -1.28. The molecule has 0 spiro atoms. The Balaban J connectivity index is 1.92. The van der Waals surface area contributed by atoms with Crippen LogP contribution in [0.5, 0.6) is 0 Å². The van der Waals surface area contributed by atoms with Crippen molar-refractivity contribution in [3.63, 3.8) is 0 Å². The first-order valence-corrected chi connectivity index (χ1v) is 6.49. The molecule has 1 unspecified atom stereocenters. The number of carbonyl (C=O) groups excluding carboxylic acids is 1. The van der Waals surface area contributed by atoms with Gasteiger partial charge in [0.1, 0.15) is 0 Å². The summed E-state index contributed by atoms with van der Waals surface area (Å²) < 4.78 is 5.09. The number of carboxylic acids is 1. The molecule has 0 aromatic heterocycles. The van der Waals surface area contributed by atoms with Crippen LogP contribution in [0.3, 0.4) is 0 Å². The predicted octanol–water partition coefficient (Wildman–Crippen LogP) is 0.561. The number of para-hydroxylation sites is 1. The van der Waals surface area contributed by atoms with E-state index in [0.29, 0.717) is 25.1 Å². The Morgan fingerprint density at radius 1 is 1.40 bits per heavy atom. The van der Waals surface area contributed by atoms with Gasteiger partial charge in [-0.05, 0) is 18.1 Å². The van der Waals surface area contributed by atoms with Crippen molar-refractivity contribution >= 4 is 17.6 Å². The van der Waals surface area contributed by atoms with Gasteiger partial charge in [-0.25, -0.2) is 4.79 Å². The molecule has 2 rings (SSSR count). The van der Waals surface area contributed by atoms with Crippen molar-refractivity contribution in [3.8, 4) is 0 Å². The van der Waals surface area contributed by atoms with Crippen molar-refractivity contribution < 1.29 is 19.4 Å². The highest BCUT2D eigenvalue weighted by Gasteiger charge is 2.43. The number of carboxylic acid groups (broad SMARTS) is 1. The van der Waals surface area contributed by atoms with E-state index < -0.39 is 11.5 Å². The number of nitrogens with two attached hydrogens (primary N) is 1. The molecule has 1 aliphatic rings. The molecule has 1 heterocycles. The van der Waals surface area contributed by atoms with Crippen LogP contribution in [-0.4, -0.2) is 35.7 Å². The van der Waals surface area contributed by atoms with Gasteiger partial charge in [-0.15, -0.1) is 0 Å². The normalized spacial score (nSPS) is 21.6. The van der Waals surface area contributed by atoms with Crippen molar-refractivity contribution in [2.75, 3.05) is 18.9 Å². The van der Waals surface area contributed by atoms with Crippen LogP contribution < -0.4 is 11.1 Å². The standard InChI is InChI=1S/C14H18N2O4/c15-11-4-2-1-3-10(11)5-6-12(17)16-14(13(18)19)7-8-20-9-14/h1-4H,5-9,15H2,(H,16,17)(H,18,19). The van der Waals surface area contributed by atoms with E-state index in [0.717, 1.165) is 5.56 Å². The van der Waals surface area contributed by atoms with E-state index >= 15 is 0 Å². The van der Waals surface area contributed by atoms with Gasteiger partial charge in [-0.1, -0.05) is 18.2 Å².